The maximum atomic E-state index is 14.3. The highest BCUT2D eigenvalue weighted by atomic mass is 16.7. The molecule has 0 unspecified atom stereocenters. The van der Waals surface area contributed by atoms with Gasteiger partial charge in [0.15, 0.2) is 17.8 Å². The lowest BCUT2D eigenvalue weighted by atomic mass is 9.45. The first-order valence-electron chi connectivity index (χ1n) is 18.2. The summed E-state index contributed by atoms with van der Waals surface area (Å²) in [5.74, 6) is -7.68. The summed E-state index contributed by atoms with van der Waals surface area (Å²) in [7, 11) is 0. The lowest BCUT2D eigenvalue weighted by Crippen LogP contribution is -2.85. The van der Waals surface area contributed by atoms with Gasteiger partial charge in [0.25, 0.3) is 0 Å². The minimum atomic E-state index is -2.35. The third-order valence-corrected chi connectivity index (χ3v) is 10.7. The van der Waals surface area contributed by atoms with E-state index in [2.05, 4.69) is 4.98 Å². The van der Waals surface area contributed by atoms with Crippen molar-refractivity contribution in [2.45, 2.75) is 116 Å². The van der Waals surface area contributed by atoms with Gasteiger partial charge in [0.2, 0.25) is 0 Å². The molecule has 3 aliphatic rings. The third kappa shape index (κ3) is 7.31. The van der Waals surface area contributed by atoms with E-state index in [1.54, 1.807) is 59.7 Å². The molecule has 1 aromatic heterocycles. The lowest BCUT2D eigenvalue weighted by molar-refractivity contribution is -0.362. The van der Waals surface area contributed by atoms with E-state index < -0.39 is 119 Å². The summed E-state index contributed by atoms with van der Waals surface area (Å²) >= 11 is 0. The van der Waals surface area contributed by atoms with Gasteiger partial charge >= 0.3 is 35.8 Å². The molecule has 2 bridgehead atoms. The van der Waals surface area contributed by atoms with E-state index in [0.29, 0.717) is 0 Å². The number of rotatable bonds is 11. The number of esters is 6. The van der Waals surface area contributed by atoms with Crippen LogP contribution in [-0.4, -0.2) is 99.8 Å². The summed E-state index contributed by atoms with van der Waals surface area (Å²) in [6.07, 6.45) is -6.05. The molecule has 9 atom stereocenters. The van der Waals surface area contributed by atoms with Crippen LogP contribution in [0.1, 0.15) is 89.5 Å². The number of ether oxygens (including phenoxy) is 7. The second kappa shape index (κ2) is 15.3. The zero-order valence-corrected chi connectivity index (χ0v) is 32.4. The van der Waals surface area contributed by atoms with Gasteiger partial charge in [0.1, 0.15) is 30.3 Å². The number of pyridine rings is 1. The van der Waals surface area contributed by atoms with Gasteiger partial charge in [-0.1, -0.05) is 45.9 Å². The minimum absolute atomic E-state index is 0.0137. The van der Waals surface area contributed by atoms with Gasteiger partial charge in [-0.2, -0.15) is 0 Å². The van der Waals surface area contributed by atoms with Crippen molar-refractivity contribution >= 4 is 35.8 Å². The summed E-state index contributed by atoms with van der Waals surface area (Å²) in [4.78, 5) is 85.5. The van der Waals surface area contributed by atoms with E-state index in [0.717, 1.165) is 13.8 Å². The molecule has 1 saturated heterocycles. The van der Waals surface area contributed by atoms with E-state index in [1.807, 2.05) is 0 Å². The average Bonchev–Trinajstić information content (AvgIpc) is 3.31. The largest absolute Gasteiger partial charge is 0.464 e. The van der Waals surface area contributed by atoms with Crippen LogP contribution in [-0.2, 0) is 52.3 Å². The molecular weight excluding hydrogens is 718 g/mol. The highest BCUT2D eigenvalue weighted by Gasteiger charge is 2.89. The first-order chi connectivity index (χ1) is 25.7. The maximum absolute atomic E-state index is 14.3. The molecule has 2 aliphatic carbocycles. The molecule has 1 N–H and O–H groups in total. The number of fused-ring (bicyclic) bond motifs is 1. The monoisotopic (exact) mass is 767 g/mol. The van der Waals surface area contributed by atoms with Crippen LogP contribution in [0.4, 0.5) is 0 Å². The Morgan fingerprint density at radius 2 is 1.35 bits per heavy atom. The fourth-order valence-electron chi connectivity index (χ4n) is 8.50. The van der Waals surface area contributed by atoms with Crippen molar-refractivity contribution in [2.75, 3.05) is 6.61 Å². The molecule has 15 heteroatoms. The average molecular weight is 768 g/mol. The van der Waals surface area contributed by atoms with Crippen LogP contribution >= 0.6 is 0 Å². The number of carbonyl (C=O) groups excluding carboxylic acids is 6. The Morgan fingerprint density at radius 3 is 1.91 bits per heavy atom. The Labute approximate surface area is 319 Å². The van der Waals surface area contributed by atoms with Gasteiger partial charge in [-0.3, -0.25) is 24.2 Å². The highest BCUT2D eigenvalue weighted by Crippen LogP contribution is 2.69. The molecule has 0 radical (unpaired) electrons. The molecule has 1 aromatic carbocycles. The van der Waals surface area contributed by atoms with Crippen molar-refractivity contribution in [3.8, 4) is 0 Å². The molecule has 55 heavy (non-hydrogen) atoms. The number of hydrogen-bond acceptors (Lipinski definition) is 15. The zero-order chi connectivity index (χ0) is 40.7. The van der Waals surface area contributed by atoms with Crippen molar-refractivity contribution < 1.29 is 67.0 Å². The van der Waals surface area contributed by atoms with Crippen LogP contribution < -0.4 is 0 Å². The number of aromatic nitrogens is 1. The minimum Gasteiger partial charge on any atom is -0.464 e. The fraction of sp³-hybridized carbons (Fsp3) is 0.575. The van der Waals surface area contributed by atoms with E-state index in [-0.39, 0.29) is 11.1 Å². The molecule has 1 aliphatic heterocycles. The molecule has 2 heterocycles. The Hall–Kier alpha value is -4.89. The standard InChI is InChI=1S/C40H49NO14/c1-21(2)33(44)49-20-39-30(50-23(5)42)27(52-36(47)26-16-13-17-41-19-26)18-38(9,48)40(39)31(51-24(6)43)28(37(7,8)55-40)29(53-34(45)22(3)4)32(39)54-35(46)25-14-11-10-12-15-25/h10-17,19,21-22,27-32,48H,18,20H2,1-9H3/t27-,28+,29+,30-,31+,32-,38-,39-,40-/m0/s1. The number of hydrogen-bond donors (Lipinski definition) is 1. The van der Waals surface area contributed by atoms with Crippen LogP contribution in [0, 0.1) is 23.2 Å². The maximum Gasteiger partial charge on any atom is 0.340 e. The first-order valence-corrected chi connectivity index (χ1v) is 18.2. The topological polar surface area (TPSA) is 200 Å². The van der Waals surface area contributed by atoms with Crippen molar-refractivity contribution in [2.24, 2.45) is 23.2 Å². The molecule has 5 rings (SSSR count). The highest BCUT2D eigenvalue weighted by molar-refractivity contribution is 5.90. The predicted molar refractivity (Wildman–Crippen MR) is 190 cm³/mol. The summed E-state index contributed by atoms with van der Waals surface area (Å²) in [6, 6.07) is 10.8. The third-order valence-electron chi connectivity index (χ3n) is 10.7. The van der Waals surface area contributed by atoms with Crippen molar-refractivity contribution in [1.82, 2.24) is 4.98 Å². The number of benzene rings is 1. The van der Waals surface area contributed by atoms with Crippen LogP contribution in [0.15, 0.2) is 54.9 Å². The smallest absolute Gasteiger partial charge is 0.340 e. The number of nitrogens with zero attached hydrogens (tertiary/aromatic N) is 1. The van der Waals surface area contributed by atoms with Crippen LogP contribution in [0.25, 0.3) is 0 Å². The lowest BCUT2D eigenvalue weighted by Gasteiger charge is -2.66. The molecule has 298 valence electrons. The number of carbonyl (C=O) groups is 6. The van der Waals surface area contributed by atoms with Gasteiger partial charge in [-0.05, 0) is 45.0 Å². The number of aliphatic hydroxyl groups is 1. The van der Waals surface area contributed by atoms with Gasteiger partial charge in [-0.15, -0.1) is 0 Å². The van der Waals surface area contributed by atoms with E-state index >= 15 is 0 Å². The molecule has 3 fully saturated rings. The van der Waals surface area contributed by atoms with Crippen molar-refractivity contribution in [1.29, 1.82) is 0 Å². The summed E-state index contributed by atoms with van der Waals surface area (Å²) < 4.78 is 43.9. The summed E-state index contributed by atoms with van der Waals surface area (Å²) in [5, 5.41) is 13.0. The Balaban J connectivity index is 1.90. The fourth-order valence-corrected chi connectivity index (χ4v) is 8.50. The Kier molecular flexibility index (Phi) is 11.5. The summed E-state index contributed by atoms with van der Waals surface area (Å²) in [5.41, 5.74) is -8.24. The quantitative estimate of drug-likeness (QED) is 0.256. The van der Waals surface area contributed by atoms with Crippen LogP contribution in [0.3, 0.4) is 0 Å². The zero-order valence-electron chi connectivity index (χ0n) is 32.4. The molecule has 2 saturated carbocycles. The van der Waals surface area contributed by atoms with Crippen LogP contribution in [0.5, 0.6) is 0 Å². The van der Waals surface area contributed by atoms with E-state index in [1.165, 1.54) is 43.6 Å². The Bertz CT molecular complexity index is 1790. The van der Waals surface area contributed by atoms with E-state index in [9.17, 15) is 33.9 Å². The molecule has 0 amide bonds. The predicted octanol–water partition coefficient (Wildman–Crippen LogP) is 3.78. The molecule has 2 aromatic rings. The SMILES string of the molecule is CC(=O)O[C@@H]1[C@H]2[C@@H](OC(=O)C(C)C)[C@H](OC(=O)c3ccccc3)[C@]3(COC(=O)C(C)C)[C@@H](OC(C)=O)[C@@H](OC(=O)c4cccnc4)C[C@](C)(O)[C@@]13OC2(C)C. The molecule has 15 nitrogen and oxygen atoms in total. The van der Waals surface area contributed by atoms with Gasteiger partial charge < -0.3 is 38.3 Å². The van der Waals surface area contributed by atoms with E-state index in [4.69, 9.17) is 33.2 Å². The van der Waals surface area contributed by atoms with Crippen molar-refractivity contribution in [3.63, 3.8) is 0 Å². The normalized spacial score (nSPS) is 31.8. The van der Waals surface area contributed by atoms with Crippen LogP contribution in [0.2, 0.25) is 0 Å². The van der Waals surface area contributed by atoms with Gasteiger partial charge in [-0.25, -0.2) is 9.59 Å². The first kappa shape index (κ1) is 41.3. The second-order valence-electron chi connectivity index (χ2n) is 15.7. The Morgan fingerprint density at radius 1 is 0.764 bits per heavy atom. The molecular formula is C40H49NO14. The van der Waals surface area contributed by atoms with Crippen molar-refractivity contribution in [3.05, 3.63) is 66.0 Å². The van der Waals surface area contributed by atoms with Gasteiger partial charge in [0.05, 0.1) is 40.1 Å². The second-order valence-corrected chi connectivity index (χ2v) is 15.7. The molecule has 1 spiro atoms. The van der Waals surface area contributed by atoms with Gasteiger partial charge in [0, 0.05) is 32.7 Å². The summed E-state index contributed by atoms with van der Waals surface area (Å²) in [6.45, 7) is 12.3.